The lowest BCUT2D eigenvalue weighted by Gasteiger charge is -2.25. The van der Waals surface area contributed by atoms with Crippen LogP contribution < -0.4 is 11.1 Å². The van der Waals surface area contributed by atoms with E-state index in [-0.39, 0.29) is 6.61 Å². The molecule has 0 radical (unpaired) electrons. The van der Waals surface area contributed by atoms with Gasteiger partial charge in [0.05, 0.1) is 31.9 Å². The number of hydrogen-bond donors (Lipinski definition) is 3. The van der Waals surface area contributed by atoms with Crippen LogP contribution in [0.1, 0.15) is 21.7 Å². The Morgan fingerprint density at radius 2 is 2.00 bits per heavy atom. The number of amides is 1. The van der Waals surface area contributed by atoms with Crippen LogP contribution in [0.2, 0.25) is 0 Å². The Morgan fingerprint density at radius 1 is 1.23 bits per heavy atom. The molecule has 3 aromatic rings. The second-order valence-corrected chi connectivity index (χ2v) is 8.00. The van der Waals surface area contributed by atoms with E-state index in [1.54, 1.807) is 18.3 Å². The second-order valence-electron chi connectivity index (χ2n) is 6.94. The summed E-state index contributed by atoms with van der Waals surface area (Å²) < 4.78 is 5.38. The van der Waals surface area contributed by atoms with Gasteiger partial charge in [0.15, 0.2) is 0 Å². The number of benzene rings is 1. The molecule has 30 heavy (non-hydrogen) atoms. The summed E-state index contributed by atoms with van der Waals surface area (Å²) in [6.45, 7) is 3.79. The van der Waals surface area contributed by atoms with Gasteiger partial charge in [0, 0.05) is 24.2 Å². The molecule has 0 bridgehead atoms. The maximum atomic E-state index is 12.0. The number of nitrogens with two attached hydrogens (primary N) is 1. The van der Waals surface area contributed by atoms with Gasteiger partial charge in [-0.05, 0) is 23.3 Å². The first kappa shape index (κ1) is 20.4. The smallest absolute Gasteiger partial charge is 0.251 e. The zero-order chi connectivity index (χ0) is 20.9. The Balaban J connectivity index is 1.55. The van der Waals surface area contributed by atoms with Crippen LogP contribution in [0.25, 0.3) is 10.4 Å². The molecule has 1 amide bonds. The van der Waals surface area contributed by atoms with Crippen molar-refractivity contribution in [2.24, 2.45) is 5.73 Å². The van der Waals surface area contributed by atoms with Crippen LogP contribution in [0.5, 0.6) is 0 Å². The fourth-order valence-electron chi connectivity index (χ4n) is 3.20. The minimum Gasteiger partial charge on any atom is -0.392 e. The van der Waals surface area contributed by atoms with Crippen LogP contribution in [0, 0.1) is 0 Å². The Kier molecular flexibility index (Phi) is 6.34. The highest BCUT2D eigenvalue weighted by Gasteiger charge is 2.17. The predicted octanol–water partition coefficient (Wildman–Crippen LogP) is 2.37. The molecule has 1 saturated heterocycles. The Labute approximate surface area is 178 Å². The van der Waals surface area contributed by atoms with Crippen molar-refractivity contribution in [3.8, 4) is 10.4 Å². The van der Waals surface area contributed by atoms with Gasteiger partial charge in [0.25, 0.3) is 5.91 Å². The lowest BCUT2D eigenvalue weighted by Crippen LogP contribution is -2.36. The summed E-state index contributed by atoms with van der Waals surface area (Å²) in [6, 6.07) is 11.1. The monoisotopic (exact) mass is 425 g/mol. The van der Waals surface area contributed by atoms with E-state index < -0.39 is 5.91 Å². The number of primary amides is 1. The molecule has 3 heterocycles. The quantitative estimate of drug-likeness (QED) is 0.532. The third-order valence-corrected chi connectivity index (χ3v) is 5.93. The van der Waals surface area contributed by atoms with Crippen LogP contribution in [-0.4, -0.2) is 52.2 Å². The lowest BCUT2D eigenvalue weighted by molar-refractivity contribution is 0.0331. The molecule has 4 N–H and O–H groups in total. The molecule has 1 aliphatic rings. The first-order valence-electron chi connectivity index (χ1n) is 9.65. The van der Waals surface area contributed by atoms with E-state index in [0.717, 1.165) is 42.3 Å². The van der Waals surface area contributed by atoms with Gasteiger partial charge in [0.1, 0.15) is 16.6 Å². The molecular formula is C21H23N5O3S. The van der Waals surface area contributed by atoms with Crippen LogP contribution in [0.3, 0.4) is 0 Å². The molecule has 4 rings (SSSR count). The number of nitrogens with one attached hydrogen (secondary N) is 1. The minimum absolute atomic E-state index is 0.00936. The summed E-state index contributed by atoms with van der Waals surface area (Å²) in [5.74, 6) is 0.813. The van der Waals surface area contributed by atoms with Crippen molar-refractivity contribution in [2.45, 2.75) is 13.2 Å². The van der Waals surface area contributed by atoms with E-state index >= 15 is 0 Å². The SMILES string of the molecule is NC(=O)c1cc(-c2ccc(CO)cc2)sc1Nc1ccnc(CN2CCOCC2)n1. The molecule has 1 aliphatic heterocycles. The fraction of sp³-hybridized carbons (Fsp3) is 0.286. The zero-order valence-electron chi connectivity index (χ0n) is 16.4. The molecule has 9 heteroatoms. The summed E-state index contributed by atoms with van der Waals surface area (Å²) >= 11 is 1.43. The van der Waals surface area contributed by atoms with Gasteiger partial charge in [0.2, 0.25) is 0 Å². The third kappa shape index (κ3) is 4.82. The van der Waals surface area contributed by atoms with Crippen molar-refractivity contribution in [2.75, 3.05) is 31.6 Å². The number of aliphatic hydroxyl groups is 1. The fourth-order valence-corrected chi connectivity index (χ4v) is 4.28. The van der Waals surface area contributed by atoms with Crippen molar-refractivity contribution in [3.63, 3.8) is 0 Å². The van der Waals surface area contributed by atoms with Crippen LogP contribution >= 0.6 is 11.3 Å². The average molecular weight is 426 g/mol. The maximum Gasteiger partial charge on any atom is 0.251 e. The number of ether oxygens (including phenoxy) is 1. The summed E-state index contributed by atoms with van der Waals surface area (Å²) in [5.41, 5.74) is 7.79. The third-order valence-electron chi connectivity index (χ3n) is 4.83. The Morgan fingerprint density at radius 3 is 2.70 bits per heavy atom. The number of nitrogens with zero attached hydrogens (tertiary/aromatic N) is 3. The van der Waals surface area contributed by atoms with Gasteiger partial charge in [-0.25, -0.2) is 9.97 Å². The van der Waals surface area contributed by atoms with E-state index in [4.69, 9.17) is 10.5 Å². The molecule has 0 aliphatic carbocycles. The van der Waals surface area contributed by atoms with Crippen molar-refractivity contribution in [1.29, 1.82) is 0 Å². The minimum atomic E-state index is -0.505. The Bertz CT molecular complexity index is 1020. The average Bonchev–Trinajstić information content (AvgIpc) is 3.19. The summed E-state index contributed by atoms with van der Waals surface area (Å²) in [7, 11) is 0. The molecule has 2 aromatic heterocycles. The highest BCUT2D eigenvalue weighted by atomic mass is 32.1. The van der Waals surface area contributed by atoms with E-state index in [0.29, 0.717) is 28.8 Å². The van der Waals surface area contributed by atoms with E-state index in [9.17, 15) is 9.90 Å². The number of morpholine rings is 1. The highest BCUT2D eigenvalue weighted by molar-refractivity contribution is 7.19. The van der Waals surface area contributed by atoms with Crippen molar-refractivity contribution in [1.82, 2.24) is 14.9 Å². The molecule has 0 saturated carbocycles. The number of carbonyl (C=O) groups is 1. The summed E-state index contributed by atoms with van der Waals surface area (Å²) in [5, 5.41) is 13.1. The van der Waals surface area contributed by atoms with Gasteiger partial charge >= 0.3 is 0 Å². The van der Waals surface area contributed by atoms with E-state index in [2.05, 4.69) is 20.2 Å². The number of carbonyl (C=O) groups excluding carboxylic acids is 1. The van der Waals surface area contributed by atoms with Crippen LogP contribution in [0.15, 0.2) is 42.6 Å². The standard InChI is InChI=1S/C21H23N5O3S/c22-20(28)16-11-17(15-3-1-14(13-27)2-4-15)30-21(16)25-18-5-6-23-19(24-18)12-26-7-9-29-10-8-26/h1-6,11,27H,7-10,12-13H2,(H2,22,28)(H,23,24,25). The number of hydrogen-bond acceptors (Lipinski definition) is 8. The lowest BCUT2D eigenvalue weighted by atomic mass is 10.1. The van der Waals surface area contributed by atoms with Gasteiger partial charge in [-0.3, -0.25) is 9.69 Å². The van der Waals surface area contributed by atoms with Crippen LogP contribution in [-0.2, 0) is 17.9 Å². The van der Waals surface area contributed by atoms with E-state index in [1.165, 1.54) is 11.3 Å². The van der Waals surface area contributed by atoms with Crippen molar-refractivity contribution in [3.05, 3.63) is 59.5 Å². The topological polar surface area (TPSA) is 114 Å². The first-order chi connectivity index (χ1) is 14.6. The molecule has 0 atom stereocenters. The van der Waals surface area contributed by atoms with Crippen molar-refractivity contribution < 1.29 is 14.6 Å². The largest absolute Gasteiger partial charge is 0.392 e. The summed E-state index contributed by atoms with van der Waals surface area (Å²) in [6.07, 6.45) is 1.71. The van der Waals surface area contributed by atoms with Gasteiger partial charge < -0.3 is 20.9 Å². The number of anilines is 2. The van der Waals surface area contributed by atoms with Gasteiger partial charge in [-0.2, -0.15) is 0 Å². The number of aliphatic hydroxyl groups excluding tert-OH is 1. The summed E-state index contributed by atoms with van der Waals surface area (Å²) in [4.78, 5) is 24.1. The van der Waals surface area contributed by atoms with E-state index in [1.807, 2.05) is 24.3 Å². The molecule has 156 valence electrons. The predicted molar refractivity (Wildman–Crippen MR) is 116 cm³/mol. The first-order valence-corrected chi connectivity index (χ1v) is 10.5. The maximum absolute atomic E-state index is 12.0. The van der Waals surface area contributed by atoms with Gasteiger partial charge in [-0.15, -0.1) is 11.3 Å². The zero-order valence-corrected chi connectivity index (χ0v) is 17.2. The van der Waals surface area contributed by atoms with Gasteiger partial charge in [-0.1, -0.05) is 24.3 Å². The highest BCUT2D eigenvalue weighted by Crippen LogP contribution is 2.36. The molecule has 1 aromatic carbocycles. The normalized spacial score (nSPS) is 14.6. The molecule has 0 unspecified atom stereocenters. The second kappa shape index (κ2) is 9.31. The molecule has 8 nitrogen and oxygen atoms in total. The number of rotatable bonds is 7. The number of aromatic nitrogens is 2. The Hall–Kier alpha value is -2.85. The number of thiophene rings is 1. The molecule has 0 spiro atoms. The molecule has 1 fully saturated rings. The molecular weight excluding hydrogens is 402 g/mol. The van der Waals surface area contributed by atoms with Crippen LogP contribution in [0.4, 0.5) is 10.8 Å². The van der Waals surface area contributed by atoms with Crippen molar-refractivity contribution >= 4 is 28.1 Å².